The van der Waals surface area contributed by atoms with E-state index in [9.17, 15) is 4.79 Å². The van der Waals surface area contributed by atoms with Gasteiger partial charge in [-0.3, -0.25) is 9.20 Å². The van der Waals surface area contributed by atoms with Crippen LogP contribution in [0.4, 0.5) is 0 Å². The average Bonchev–Trinajstić information content (AvgIpc) is 2.32. The number of hydrogen-bond acceptors (Lipinski definition) is 3. The van der Waals surface area contributed by atoms with Crippen LogP contribution in [0.25, 0.3) is 5.65 Å². The molecule has 0 radical (unpaired) electrons. The van der Waals surface area contributed by atoms with Crippen LogP contribution in [0, 0.1) is 6.92 Å². The van der Waals surface area contributed by atoms with Gasteiger partial charge in [0.05, 0.1) is 6.10 Å². The van der Waals surface area contributed by atoms with Crippen molar-refractivity contribution in [2.24, 2.45) is 0 Å². The molecule has 0 aromatic carbocycles. The molecule has 2 aromatic rings. The topological polar surface area (TPSA) is 43.6 Å². The van der Waals surface area contributed by atoms with Gasteiger partial charge in [0.2, 0.25) is 0 Å². The fourth-order valence-corrected chi connectivity index (χ4v) is 2.01. The number of nitrogens with zero attached hydrogens (tertiary/aromatic N) is 2. The van der Waals surface area contributed by atoms with Gasteiger partial charge in [0, 0.05) is 18.0 Å². The monoisotopic (exact) mass is 260 g/mol. The van der Waals surface area contributed by atoms with Crippen molar-refractivity contribution >= 4 is 5.65 Å². The molecule has 0 fully saturated rings. The number of aromatic nitrogens is 2. The van der Waals surface area contributed by atoms with E-state index >= 15 is 0 Å². The second kappa shape index (κ2) is 5.03. The first kappa shape index (κ1) is 13.6. The molecule has 0 N–H and O–H groups in total. The quantitative estimate of drug-likeness (QED) is 0.852. The lowest BCUT2D eigenvalue weighted by Gasteiger charge is -2.15. The first-order valence-electron chi connectivity index (χ1n) is 6.59. The standard InChI is InChI=1S/C15H20N2O2/c1-9(2)12-8-16-14-13(19-10(3)4)11(5)6-7-17(14)15(12)18/h6-10H,1-5H3. The zero-order chi connectivity index (χ0) is 14.2. The van der Waals surface area contributed by atoms with E-state index in [4.69, 9.17) is 4.74 Å². The van der Waals surface area contributed by atoms with Crippen molar-refractivity contribution in [2.75, 3.05) is 0 Å². The van der Waals surface area contributed by atoms with Crippen LogP contribution in [0.5, 0.6) is 5.75 Å². The van der Waals surface area contributed by atoms with Crippen LogP contribution in [-0.4, -0.2) is 15.5 Å². The summed E-state index contributed by atoms with van der Waals surface area (Å²) in [4.78, 5) is 16.8. The molecule has 0 spiro atoms. The molecule has 0 unspecified atom stereocenters. The average molecular weight is 260 g/mol. The molecule has 0 aliphatic rings. The highest BCUT2D eigenvalue weighted by Crippen LogP contribution is 2.23. The third-order valence-electron chi connectivity index (χ3n) is 3.03. The number of aryl methyl sites for hydroxylation is 1. The van der Waals surface area contributed by atoms with Gasteiger partial charge in [-0.15, -0.1) is 0 Å². The van der Waals surface area contributed by atoms with E-state index in [1.54, 1.807) is 16.8 Å². The van der Waals surface area contributed by atoms with Crippen LogP contribution >= 0.6 is 0 Å². The molecular formula is C15H20N2O2. The molecule has 0 aliphatic carbocycles. The second-order valence-corrected chi connectivity index (χ2v) is 5.36. The van der Waals surface area contributed by atoms with Gasteiger partial charge in [-0.2, -0.15) is 0 Å². The highest BCUT2D eigenvalue weighted by Gasteiger charge is 2.14. The minimum absolute atomic E-state index is 0.0198. The molecule has 19 heavy (non-hydrogen) atoms. The normalized spacial score (nSPS) is 11.5. The Kier molecular flexibility index (Phi) is 3.60. The molecule has 4 nitrogen and oxygen atoms in total. The fourth-order valence-electron chi connectivity index (χ4n) is 2.01. The molecule has 2 aromatic heterocycles. The largest absolute Gasteiger partial charge is 0.487 e. The first-order chi connectivity index (χ1) is 8.91. The molecule has 0 bridgehead atoms. The van der Waals surface area contributed by atoms with E-state index in [1.807, 2.05) is 40.7 Å². The van der Waals surface area contributed by atoms with Crippen molar-refractivity contribution in [1.82, 2.24) is 9.38 Å². The van der Waals surface area contributed by atoms with Gasteiger partial charge in [-0.05, 0) is 38.3 Å². The molecular weight excluding hydrogens is 240 g/mol. The van der Waals surface area contributed by atoms with Gasteiger partial charge in [0.25, 0.3) is 5.56 Å². The summed E-state index contributed by atoms with van der Waals surface area (Å²) in [5.74, 6) is 0.845. The maximum absolute atomic E-state index is 12.4. The highest BCUT2D eigenvalue weighted by atomic mass is 16.5. The minimum Gasteiger partial charge on any atom is -0.487 e. The van der Waals surface area contributed by atoms with Crippen molar-refractivity contribution in [1.29, 1.82) is 0 Å². The molecule has 0 aliphatic heterocycles. The SMILES string of the molecule is Cc1ccn2c(=O)c(C(C)C)cnc2c1OC(C)C. The van der Waals surface area contributed by atoms with Crippen LogP contribution < -0.4 is 10.3 Å². The van der Waals surface area contributed by atoms with Gasteiger partial charge in [-0.25, -0.2) is 4.98 Å². The number of ether oxygens (including phenoxy) is 1. The Morgan fingerprint density at radius 3 is 2.53 bits per heavy atom. The Hall–Kier alpha value is -1.84. The number of fused-ring (bicyclic) bond motifs is 1. The molecule has 0 saturated heterocycles. The zero-order valence-corrected chi connectivity index (χ0v) is 12.1. The molecule has 2 rings (SSSR count). The third kappa shape index (κ3) is 2.48. The Bertz CT molecular complexity index is 657. The first-order valence-corrected chi connectivity index (χ1v) is 6.59. The second-order valence-electron chi connectivity index (χ2n) is 5.36. The van der Waals surface area contributed by atoms with E-state index < -0.39 is 0 Å². The predicted molar refractivity (Wildman–Crippen MR) is 76.1 cm³/mol. The van der Waals surface area contributed by atoms with Crippen LogP contribution in [0.15, 0.2) is 23.3 Å². The Morgan fingerprint density at radius 2 is 1.95 bits per heavy atom. The Balaban J connectivity index is 2.74. The minimum atomic E-state index is -0.0198. The van der Waals surface area contributed by atoms with Gasteiger partial charge >= 0.3 is 0 Å². The van der Waals surface area contributed by atoms with E-state index in [0.717, 1.165) is 11.1 Å². The van der Waals surface area contributed by atoms with Crippen molar-refractivity contribution in [3.05, 3.63) is 39.9 Å². The fraction of sp³-hybridized carbons (Fsp3) is 0.467. The van der Waals surface area contributed by atoms with Crippen molar-refractivity contribution in [3.8, 4) is 5.75 Å². The van der Waals surface area contributed by atoms with Crippen LogP contribution in [0.2, 0.25) is 0 Å². The zero-order valence-electron chi connectivity index (χ0n) is 12.1. The summed E-state index contributed by atoms with van der Waals surface area (Å²) in [6.07, 6.45) is 3.47. The van der Waals surface area contributed by atoms with Crippen molar-refractivity contribution < 1.29 is 4.74 Å². The Labute approximate surface area is 113 Å². The summed E-state index contributed by atoms with van der Waals surface area (Å²) in [6.45, 7) is 9.86. The van der Waals surface area contributed by atoms with E-state index in [2.05, 4.69) is 4.98 Å². The maximum atomic E-state index is 12.4. The van der Waals surface area contributed by atoms with Gasteiger partial charge < -0.3 is 4.74 Å². The number of pyridine rings is 1. The number of hydrogen-bond donors (Lipinski definition) is 0. The third-order valence-corrected chi connectivity index (χ3v) is 3.03. The van der Waals surface area contributed by atoms with Crippen LogP contribution in [-0.2, 0) is 0 Å². The van der Waals surface area contributed by atoms with Crippen LogP contribution in [0.3, 0.4) is 0 Å². The van der Waals surface area contributed by atoms with Crippen LogP contribution in [0.1, 0.15) is 44.7 Å². The van der Waals surface area contributed by atoms with Gasteiger partial charge in [-0.1, -0.05) is 13.8 Å². The highest BCUT2D eigenvalue weighted by molar-refractivity contribution is 5.57. The number of rotatable bonds is 3. The summed E-state index contributed by atoms with van der Waals surface area (Å²) in [6, 6.07) is 1.89. The molecule has 2 heterocycles. The maximum Gasteiger partial charge on any atom is 0.261 e. The molecule has 0 saturated carbocycles. The van der Waals surface area contributed by atoms with E-state index in [1.165, 1.54) is 0 Å². The van der Waals surface area contributed by atoms with Crippen molar-refractivity contribution in [2.45, 2.75) is 46.6 Å². The molecule has 102 valence electrons. The smallest absolute Gasteiger partial charge is 0.261 e. The van der Waals surface area contributed by atoms with Crippen molar-refractivity contribution in [3.63, 3.8) is 0 Å². The molecule has 4 heteroatoms. The predicted octanol–water partition coefficient (Wildman–Crippen LogP) is 2.91. The summed E-state index contributed by atoms with van der Waals surface area (Å²) >= 11 is 0. The van der Waals surface area contributed by atoms with E-state index in [0.29, 0.717) is 11.4 Å². The summed E-state index contributed by atoms with van der Waals surface area (Å²) < 4.78 is 7.36. The molecule has 0 atom stereocenters. The van der Waals surface area contributed by atoms with Gasteiger partial charge in [0.15, 0.2) is 11.4 Å². The lowest BCUT2D eigenvalue weighted by molar-refractivity contribution is 0.242. The van der Waals surface area contributed by atoms with Gasteiger partial charge in [0.1, 0.15) is 0 Å². The van der Waals surface area contributed by atoms with E-state index in [-0.39, 0.29) is 17.6 Å². The lowest BCUT2D eigenvalue weighted by Crippen LogP contribution is -2.21. The summed E-state index contributed by atoms with van der Waals surface area (Å²) in [5.41, 5.74) is 2.27. The lowest BCUT2D eigenvalue weighted by atomic mass is 10.1. The summed E-state index contributed by atoms with van der Waals surface area (Å²) in [5, 5.41) is 0. The summed E-state index contributed by atoms with van der Waals surface area (Å²) in [7, 11) is 0. The Morgan fingerprint density at radius 1 is 1.26 bits per heavy atom. The molecule has 0 amide bonds.